The smallest absolute Gasteiger partial charge is 0.249 e. The largest absolute Gasteiger partial charge is 0.394 e. The lowest BCUT2D eigenvalue weighted by molar-refractivity contribution is -0.303. The van der Waals surface area contributed by atoms with Crippen LogP contribution in [0.15, 0.2) is 12.2 Å². The number of hydrogen-bond donors (Lipinski definition) is 8. The molecule has 0 aliphatic carbocycles. The lowest BCUT2D eigenvalue weighted by Crippen LogP contribution is -2.60. The molecule has 0 aromatic carbocycles. The van der Waals surface area contributed by atoms with E-state index in [1.165, 1.54) is 218 Å². The molecule has 1 aliphatic rings. The number of ether oxygens (including phenoxy) is 2. The molecule has 1 heterocycles. The van der Waals surface area contributed by atoms with Crippen molar-refractivity contribution in [1.29, 1.82) is 0 Å². The van der Waals surface area contributed by atoms with Crippen LogP contribution in [0, 0.1) is 0 Å². The number of nitrogens with one attached hydrogen (secondary N) is 1. The molecular formula is C60H117NO10. The van der Waals surface area contributed by atoms with Crippen LogP contribution in [0.5, 0.6) is 0 Å². The SMILES string of the molecule is CCCCCCCCCCCCCC/C=C\CCCCCCCCCCCCCC(O)C(=O)NC(COC1OC(CO)C(O)C(O)C1O)C(O)C(O)CCCCCCCCCCCCCCCCCCC. The maximum absolute atomic E-state index is 13.2. The molecule has 0 aromatic rings. The van der Waals surface area contributed by atoms with Crippen molar-refractivity contribution in [3.8, 4) is 0 Å². The number of carbonyl (C=O) groups excluding carboxylic acids is 1. The van der Waals surface area contributed by atoms with E-state index in [0.29, 0.717) is 19.3 Å². The molecule has 0 radical (unpaired) electrons. The average Bonchev–Trinajstić information content (AvgIpc) is 3.37. The Labute approximate surface area is 436 Å². The molecule has 11 nitrogen and oxygen atoms in total. The van der Waals surface area contributed by atoms with Gasteiger partial charge in [0.1, 0.15) is 36.6 Å². The highest BCUT2D eigenvalue weighted by molar-refractivity contribution is 5.80. The normalized spacial score (nSPS) is 20.2. The Bertz CT molecular complexity index is 1160. The zero-order chi connectivity index (χ0) is 51.8. The van der Waals surface area contributed by atoms with Crippen molar-refractivity contribution in [2.45, 2.75) is 351 Å². The molecule has 8 N–H and O–H groups in total. The number of unbranched alkanes of at least 4 members (excludes halogenated alkanes) is 39. The zero-order valence-electron chi connectivity index (χ0n) is 46.2. The summed E-state index contributed by atoms with van der Waals surface area (Å²) in [6.45, 7) is 3.49. The molecule has 1 rings (SSSR count). The van der Waals surface area contributed by atoms with Crippen LogP contribution in [0.25, 0.3) is 0 Å². The Morgan fingerprint density at radius 3 is 1.18 bits per heavy atom. The Kier molecular flexibility index (Phi) is 47.5. The predicted molar refractivity (Wildman–Crippen MR) is 293 cm³/mol. The molecule has 9 unspecified atom stereocenters. The molecule has 71 heavy (non-hydrogen) atoms. The second kappa shape index (κ2) is 49.7. The molecule has 422 valence electrons. The Hall–Kier alpha value is -1.15. The zero-order valence-corrected chi connectivity index (χ0v) is 46.2. The summed E-state index contributed by atoms with van der Waals surface area (Å²) in [7, 11) is 0. The molecule has 1 aliphatic heterocycles. The van der Waals surface area contributed by atoms with Crippen LogP contribution in [0.3, 0.4) is 0 Å². The highest BCUT2D eigenvalue weighted by atomic mass is 16.7. The van der Waals surface area contributed by atoms with E-state index >= 15 is 0 Å². The number of allylic oxidation sites excluding steroid dienone is 2. The van der Waals surface area contributed by atoms with Gasteiger partial charge in [-0.15, -0.1) is 0 Å². The van der Waals surface area contributed by atoms with Crippen molar-refractivity contribution in [3.05, 3.63) is 12.2 Å². The van der Waals surface area contributed by atoms with E-state index in [1.54, 1.807) is 0 Å². The number of rotatable bonds is 53. The maximum atomic E-state index is 13.2. The molecule has 0 bridgehead atoms. The summed E-state index contributed by atoms with van der Waals surface area (Å²) in [4.78, 5) is 13.2. The van der Waals surface area contributed by atoms with Crippen molar-refractivity contribution in [1.82, 2.24) is 5.32 Å². The molecule has 0 spiro atoms. The fraction of sp³-hybridized carbons (Fsp3) is 0.950. The number of amides is 1. The molecule has 1 amide bonds. The van der Waals surface area contributed by atoms with E-state index in [9.17, 15) is 40.5 Å². The summed E-state index contributed by atoms with van der Waals surface area (Å²) < 4.78 is 11.2. The van der Waals surface area contributed by atoms with Gasteiger partial charge >= 0.3 is 0 Å². The van der Waals surface area contributed by atoms with E-state index in [0.717, 1.165) is 38.5 Å². The summed E-state index contributed by atoms with van der Waals surface area (Å²) in [6.07, 6.45) is 47.0. The highest BCUT2D eigenvalue weighted by Crippen LogP contribution is 2.24. The van der Waals surface area contributed by atoms with Crippen molar-refractivity contribution >= 4 is 5.91 Å². The monoisotopic (exact) mass is 1010 g/mol. The van der Waals surface area contributed by atoms with E-state index in [4.69, 9.17) is 9.47 Å². The summed E-state index contributed by atoms with van der Waals surface area (Å²) in [5, 5.41) is 76.2. The van der Waals surface area contributed by atoms with Crippen LogP contribution in [0.1, 0.15) is 296 Å². The van der Waals surface area contributed by atoms with Gasteiger partial charge in [0.25, 0.3) is 0 Å². The van der Waals surface area contributed by atoms with Crippen molar-refractivity contribution in [3.63, 3.8) is 0 Å². The molecule has 9 atom stereocenters. The van der Waals surface area contributed by atoms with Gasteiger partial charge in [-0.3, -0.25) is 4.79 Å². The first-order valence-electron chi connectivity index (χ1n) is 30.6. The molecule has 1 fully saturated rings. The van der Waals surface area contributed by atoms with Gasteiger partial charge in [0.15, 0.2) is 6.29 Å². The topological polar surface area (TPSA) is 189 Å². The maximum Gasteiger partial charge on any atom is 0.249 e. The number of carbonyl (C=O) groups is 1. The van der Waals surface area contributed by atoms with Gasteiger partial charge in [-0.2, -0.15) is 0 Å². The second-order valence-electron chi connectivity index (χ2n) is 21.8. The van der Waals surface area contributed by atoms with Gasteiger partial charge in [0.05, 0.1) is 25.4 Å². The minimum atomic E-state index is -1.66. The third-order valence-corrected chi connectivity index (χ3v) is 15.1. The second-order valence-corrected chi connectivity index (χ2v) is 21.8. The van der Waals surface area contributed by atoms with Crippen LogP contribution in [0.4, 0.5) is 0 Å². The van der Waals surface area contributed by atoms with Gasteiger partial charge in [-0.05, 0) is 38.5 Å². The first-order chi connectivity index (χ1) is 34.7. The van der Waals surface area contributed by atoms with Crippen LogP contribution < -0.4 is 5.32 Å². The molecule has 0 aromatic heterocycles. The van der Waals surface area contributed by atoms with Crippen LogP contribution in [-0.2, 0) is 14.3 Å². The van der Waals surface area contributed by atoms with Gasteiger partial charge in [-0.25, -0.2) is 0 Å². The molecule has 11 heteroatoms. The first-order valence-corrected chi connectivity index (χ1v) is 30.6. The van der Waals surface area contributed by atoms with Crippen molar-refractivity contribution in [2.24, 2.45) is 0 Å². The average molecular weight is 1010 g/mol. The first kappa shape index (κ1) is 67.9. The molecule has 1 saturated heterocycles. The summed E-state index contributed by atoms with van der Waals surface area (Å²) in [6, 6.07) is -1.17. The third kappa shape index (κ3) is 38.1. The van der Waals surface area contributed by atoms with E-state index < -0.39 is 74.2 Å². The Morgan fingerprint density at radius 2 is 0.817 bits per heavy atom. The fourth-order valence-corrected chi connectivity index (χ4v) is 10.1. The minimum Gasteiger partial charge on any atom is -0.394 e. The van der Waals surface area contributed by atoms with Gasteiger partial charge in [0, 0.05) is 0 Å². The lowest BCUT2D eigenvalue weighted by Gasteiger charge is -2.40. The highest BCUT2D eigenvalue weighted by Gasteiger charge is 2.44. The molecular weight excluding hydrogens is 895 g/mol. The van der Waals surface area contributed by atoms with E-state index in [-0.39, 0.29) is 6.42 Å². The van der Waals surface area contributed by atoms with Gasteiger partial charge < -0.3 is 50.5 Å². The minimum absolute atomic E-state index is 0.263. The number of aliphatic hydroxyl groups is 7. The Balaban J connectivity index is 2.25. The predicted octanol–water partition coefficient (Wildman–Crippen LogP) is 13.1. The lowest BCUT2D eigenvalue weighted by atomic mass is 9.98. The van der Waals surface area contributed by atoms with E-state index in [2.05, 4.69) is 31.3 Å². The van der Waals surface area contributed by atoms with Crippen molar-refractivity contribution < 1.29 is 50.0 Å². The van der Waals surface area contributed by atoms with Crippen molar-refractivity contribution in [2.75, 3.05) is 13.2 Å². The standard InChI is InChI=1S/C60H117NO10/c1-3-5-7-9-11-13-15-17-19-21-22-23-24-25-26-27-28-29-30-32-34-36-38-40-42-44-46-48-53(64)59(69)61-51(50-70-60-58(68)57(67)56(66)54(49-62)71-60)55(65)52(63)47-45-43-41-39-37-35-33-31-20-18-16-14-12-10-8-6-4-2/h25-26,51-58,60,62-68H,3-24,27-50H2,1-2H3,(H,61,69)/b26-25-. The number of aliphatic hydroxyl groups excluding tert-OH is 7. The van der Waals surface area contributed by atoms with Crippen LogP contribution >= 0.6 is 0 Å². The van der Waals surface area contributed by atoms with Gasteiger partial charge in [-0.1, -0.05) is 270 Å². The van der Waals surface area contributed by atoms with Gasteiger partial charge in [0.2, 0.25) is 5.91 Å². The summed E-state index contributed by atoms with van der Waals surface area (Å²) >= 11 is 0. The fourth-order valence-electron chi connectivity index (χ4n) is 10.1. The molecule has 0 saturated carbocycles. The third-order valence-electron chi connectivity index (χ3n) is 15.1. The van der Waals surface area contributed by atoms with Crippen LogP contribution in [0.2, 0.25) is 0 Å². The Morgan fingerprint density at radius 1 is 0.479 bits per heavy atom. The summed E-state index contributed by atoms with van der Waals surface area (Å²) in [5.41, 5.74) is 0. The van der Waals surface area contributed by atoms with E-state index in [1.807, 2.05) is 0 Å². The van der Waals surface area contributed by atoms with Crippen LogP contribution in [-0.4, -0.2) is 110 Å². The quantitative estimate of drug-likeness (QED) is 0.0215. The number of hydrogen-bond acceptors (Lipinski definition) is 10. The summed E-state index contributed by atoms with van der Waals surface area (Å²) in [5.74, 6) is -0.692.